The number of carbonyl (C=O) groups is 1. The molecule has 0 spiro atoms. The molecule has 0 aromatic heterocycles. The molecule has 7 nitrogen and oxygen atoms in total. The summed E-state index contributed by atoms with van der Waals surface area (Å²) in [5.41, 5.74) is 0.223. The summed E-state index contributed by atoms with van der Waals surface area (Å²) in [5.74, 6) is 0.238. The SMILES string of the molecule is O=C(O)Nc1ccc(OCc2ccccc2Cl)cc1[N+](=O)[O-]. The molecule has 2 rings (SSSR count). The van der Waals surface area contributed by atoms with Crippen molar-refractivity contribution in [3.05, 3.63) is 63.2 Å². The van der Waals surface area contributed by atoms with Crippen LogP contribution in [0.4, 0.5) is 16.2 Å². The predicted octanol–water partition coefficient (Wildman–Crippen LogP) is 3.92. The van der Waals surface area contributed by atoms with E-state index in [0.717, 1.165) is 11.6 Å². The molecule has 0 fully saturated rings. The van der Waals surface area contributed by atoms with Crippen molar-refractivity contribution in [2.24, 2.45) is 0 Å². The standard InChI is InChI=1S/C14H11ClN2O5/c15-11-4-2-1-3-9(11)8-22-10-5-6-12(16-14(18)19)13(7-10)17(20)21/h1-7,16H,8H2,(H,18,19). The zero-order valence-electron chi connectivity index (χ0n) is 11.2. The smallest absolute Gasteiger partial charge is 0.409 e. The van der Waals surface area contributed by atoms with E-state index in [2.05, 4.69) is 0 Å². The third-order valence-corrected chi connectivity index (χ3v) is 3.13. The predicted molar refractivity (Wildman–Crippen MR) is 80.5 cm³/mol. The molecule has 0 aliphatic heterocycles. The van der Waals surface area contributed by atoms with Crippen molar-refractivity contribution in [2.45, 2.75) is 6.61 Å². The van der Waals surface area contributed by atoms with Gasteiger partial charge in [0.2, 0.25) is 0 Å². The van der Waals surface area contributed by atoms with Crippen molar-refractivity contribution < 1.29 is 19.6 Å². The van der Waals surface area contributed by atoms with E-state index in [0.29, 0.717) is 5.02 Å². The van der Waals surface area contributed by atoms with Gasteiger partial charge in [0.25, 0.3) is 5.69 Å². The second kappa shape index (κ2) is 6.77. The highest BCUT2D eigenvalue weighted by Crippen LogP contribution is 2.29. The highest BCUT2D eigenvalue weighted by molar-refractivity contribution is 6.31. The molecule has 0 heterocycles. The minimum atomic E-state index is -1.38. The van der Waals surface area contributed by atoms with Gasteiger partial charge in [-0.15, -0.1) is 0 Å². The van der Waals surface area contributed by atoms with Crippen LogP contribution in [0.2, 0.25) is 5.02 Å². The maximum Gasteiger partial charge on any atom is 0.409 e. The van der Waals surface area contributed by atoms with Crippen LogP contribution < -0.4 is 10.1 Å². The zero-order valence-corrected chi connectivity index (χ0v) is 11.9. The lowest BCUT2D eigenvalue weighted by Crippen LogP contribution is -2.09. The van der Waals surface area contributed by atoms with E-state index in [1.807, 2.05) is 5.32 Å². The number of amides is 1. The van der Waals surface area contributed by atoms with Gasteiger partial charge in [-0.3, -0.25) is 15.4 Å². The molecule has 0 saturated heterocycles. The van der Waals surface area contributed by atoms with Crippen LogP contribution in [0, 0.1) is 10.1 Å². The van der Waals surface area contributed by atoms with E-state index in [1.165, 1.54) is 12.1 Å². The summed E-state index contributed by atoms with van der Waals surface area (Å²) in [5, 5.41) is 22.1. The van der Waals surface area contributed by atoms with Crippen LogP contribution in [0.3, 0.4) is 0 Å². The van der Waals surface area contributed by atoms with Gasteiger partial charge >= 0.3 is 6.09 Å². The van der Waals surface area contributed by atoms with E-state index in [1.54, 1.807) is 24.3 Å². The summed E-state index contributed by atoms with van der Waals surface area (Å²) in [6, 6.07) is 10.9. The Morgan fingerprint density at radius 2 is 2.05 bits per heavy atom. The van der Waals surface area contributed by atoms with E-state index in [4.69, 9.17) is 21.4 Å². The lowest BCUT2D eigenvalue weighted by Gasteiger charge is -2.09. The third kappa shape index (κ3) is 3.86. The summed E-state index contributed by atoms with van der Waals surface area (Å²) in [7, 11) is 0. The number of anilines is 1. The maximum absolute atomic E-state index is 11.0. The first-order valence-corrected chi connectivity index (χ1v) is 6.50. The van der Waals surface area contributed by atoms with Gasteiger partial charge in [0, 0.05) is 10.6 Å². The number of nitro groups is 1. The van der Waals surface area contributed by atoms with E-state index in [9.17, 15) is 14.9 Å². The lowest BCUT2D eigenvalue weighted by atomic mass is 10.2. The fraction of sp³-hybridized carbons (Fsp3) is 0.0714. The Morgan fingerprint density at radius 3 is 2.68 bits per heavy atom. The largest absolute Gasteiger partial charge is 0.489 e. The van der Waals surface area contributed by atoms with Gasteiger partial charge in [0.15, 0.2) is 0 Å². The van der Waals surface area contributed by atoms with Gasteiger partial charge in [-0.05, 0) is 18.2 Å². The number of benzene rings is 2. The Hall–Kier alpha value is -2.80. The molecule has 2 aromatic carbocycles. The van der Waals surface area contributed by atoms with Gasteiger partial charge < -0.3 is 9.84 Å². The molecule has 0 radical (unpaired) electrons. The number of nitrogens with zero attached hydrogens (tertiary/aromatic N) is 1. The molecule has 0 saturated carbocycles. The summed E-state index contributed by atoms with van der Waals surface area (Å²) in [6.07, 6.45) is -1.38. The molecular formula is C14H11ClN2O5. The van der Waals surface area contributed by atoms with Crippen LogP contribution in [0.5, 0.6) is 5.75 Å². The number of ether oxygens (including phenoxy) is 1. The van der Waals surface area contributed by atoms with E-state index < -0.39 is 11.0 Å². The average Bonchev–Trinajstić information content (AvgIpc) is 2.46. The van der Waals surface area contributed by atoms with Crippen LogP contribution in [0.25, 0.3) is 0 Å². The highest BCUT2D eigenvalue weighted by atomic mass is 35.5. The minimum Gasteiger partial charge on any atom is -0.489 e. The lowest BCUT2D eigenvalue weighted by molar-refractivity contribution is -0.384. The monoisotopic (exact) mass is 322 g/mol. The Kier molecular flexibility index (Phi) is 4.80. The molecule has 0 aliphatic carbocycles. The van der Waals surface area contributed by atoms with Crippen LogP contribution in [-0.2, 0) is 6.61 Å². The molecule has 0 bridgehead atoms. The van der Waals surface area contributed by atoms with E-state index in [-0.39, 0.29) is 23.7 Å². The summed E-state index contributed by atoms with van der Waals surface area (Å²) in [6.45, 7) is 0.141. The molecule has 2 N–H and O–H groups in total. The number of nitro benzene ring substituents is 1. The van der Waals surface area contributed by atoms with Crippen LogP contribution in [-0.4, -0.2) is 16.1 Å². The Labute approximate surface area is 130 Å². The van der Waals surface area contributed by atoms with Crippen LogP contribution >= 0.6 is 11.6 Å². The first kappa shape index (κ1) is 15.6. The van der Waals surface area contributed by atoms with Crippen molar-refractivity contribution in [3.63, 3.8) is 0 Å². The highest BCUT2D eigenvalue weighted by Gasteiger charge is 2.17. The Bertz CT molecular complexity index is 720. The number of halogens is 1. The van der Waals surface area contributed by atoms with Crippen LogP contribution in [0.1, 0.15) is 5.56 Å². The van der Waals surface area contributed by atoms with Gasteiger partial charge in [0.1, 0.15) is 18.0 Å². The number of nitrogens with one attached hydrogen (secondary N) is 1. The fourth-order valence-electron chi connectivity index (χ4n) is 1.75. The first-order valence-electron chi connectivity index (χ1n) is 6.12. The number of hydrogen-bond donors (Lipinski definition) is 2. The van der Waals surface area contributed by atoms with Gasteiger partial charge in [-0.25, -0.2) is 4.79 Å². The number of hydrogen-bond acceptors (Lipinski definition) is 4. The summed E-state index contributed by atoms with van der Waals surface area (Å²) in [4.78, 5) is 20.9. The third-order valence-electron chi connectivity index (χ3n) is 2.76. The Balaban J connectivity index is 2.18. The molecule has 114 valence electrons. The first-order chi connectivity index (χ1) is 10.5. The fourth-order valence-corrected chi connectivity index (χ4v) is 1.94. The van der Waals surface area contributed by atoms with Gasteiger partial charge in [0.05, 0.1) is 11.0 Å². The van der Waals surface area contributed by atoms with Gasteiger partial charge in [-0.2, -0.15) is 0 Å². The van der Waals surface area contributed by atoms with Crippen molar-refractivity contribution in [3.8, 4) is 5.75 Å². The normalized spacial score (nSPS) is 10.0. The summed E-state index contributed by atoms with van der Waals surface area (Å²) >= 11 is 5.99. The quantitative estimate of drug-likeness (QED) is 0.641. The second-order valence-electron chi connectivity index (χ2n) is 4.25. The molecule has 22 heavy (non-hydrogen) atoms. The molecule has 2 aromatic rings. The van der Waals surface area contributed by atoms with Crippen molar-refractivity contribution in [1.29, 1.82) is 0 Å². The average molecular weight is 323 g/mol. The number of carboxylic acid groups (broad SMARTS) is 1. The maximum atomic E-state index is 11.0. The molecule has 0 unspecified atom stereocenters. The Morgan fingerprint density at radius 1 is 1.32 bits per heavy atom. The topological polar surface area (TPSA) is 102 Å². The zero-order chi connectivity index (χ0) is 16.1. The van der Waals surface area contributed by atoms with Crippen molar-refractivity contribution in [1.82, 2.24) is 0 Å². The summed E-state index contributed by atoms with van der Waals surface area (Å²) < 4.78 is 5.46. The van der Waals surface area contributed by atoms with E-state index >= 15 is 0 Å². The second-order valence-corrected chi connectivity index (χ2v) is 4.65. The molecule has 0 atom stereocenters. The van der Waals surface area contributed by atoms with Crippen molar-refractivity contribution in [2.75, 3.05) is 5.32 Å². The van der Waals surface area contributed by atoms with Crippen LogP contribution in [0.15, 0.2) is 42.5 Å². The van der Waals surface area contributed by atoms with Gasteiger partial charge in [-0.1, -0.05) is 29.8 Å². The molecule has 8 heteroatoms. The minimum absolute atomic E-state index is 0.123. The molecule has 1 amide bonds. The number of rotatable bonds is 5. The van der Waals surface area contributed by atoms with Crippen molar-refractivity contribution >= 4 is 29.1 Å². The molecule has 0 aliphatic rings. The molecular weight excluding hydrogens is 312 g/mol.